The van der Waals surface area contributed by atoms with Crippen LogP contribution in [0, 0.1) is 5.92 Å². The van der Waals surface area contributed by atoms with Crippen molar-refractivity contribution in [1.29, 1.82) is 0 Å². The summed E-state index contributed by atoms with van der Waals surface area (Å²) in [7, 11) is 0. The molecule has 2 heteroatoms. The maximum Gasteiger partial charge on any atom is 0.305 e. The average molecular weight is 170 g/mol. The Hall–Kier alpha value is -0.530. The van der Waals surface area contributed by atoms with Crippen molar-refractivity contribution in [2.45, 2.75) is 45.4 Å². The predicted octanol–water partition coefficient (Wildman–Crippen LogP) is 2.52. The van der Waals surface area contributed by atoms with Crippen molar-refractivity contribution in [3.05, 3.63) is 0 Å². The molecule has 1 aliphatic carbocycles. The van der Waals surface area contributed by atoms with E-state index in [4.69, 9.17) is 4.74 Å². The van der Waals surface area contributed by atoms with E-state index < -0.39 is 0 Å². The van der Waals surface area contributed by atoms with Crippen molar-refractivity contribution in [3.63, 3.8) is 0 Å². The fourth-order valence-electron chi connectivity index (χ4n) is 0.973. The Morgan fingerprint density at radius 3 is 2.50 bits per heavy atom. The van der Waals surface area contributed by atoms with Crippen molar-refractivity contribution >= 4 is 5.97 Å². The van der Waals surface area contributed by atoms with Crippen LogP contribution in [0.15, 0.2) is 0 Å². The molecule has 0 atom stereocenters. The number of rotatable bonds is 0. The van der Waals surface area contributed by atoms with E-state index in [2.05, 4.69) is 6.92 Å². The summed E-state index contributed by atoms with van der Waals surface area (Å²) in [6, 6.07) is 0. The third-order valence-electron chi connectivity index (χ3n) is 2.15. The number of hydrogen-bond acceptors (Lipinski definition) is 2. The highest BCUT2D eigenvalue weighted by atomic mass is 16.5. The van der Waals surface area contributed by atoms with Crippen LogP contribution in [0.2, 0.25) is 0 Å². The molecule has 2 fully saturated rings. The van der Waals surface area contributed by atoms with Gasteiger partial charge in [0.1, 0.15) is 0 Å². The molecule has 0 N–H and O–H groups in total. The first kappa shape index (κ1) is 9.56. The minimum atomic E-state index is -0.0255. The molecule has 0 amide bonds. The summed E-state index contributed by atoms with van der Waals surface area (Å²) < 4.78 is 4.76. The lowest BCUT2D eigenvalue weighted by Gasteiger charge is -1.93. The van der Waals surface area contributed by atoms with Crippen LogP contribution in [0.3, 0.4) is 0 Å². The zero-order valence-corrected chi connectivity index (χ0v) is 7.84. The van der Waals surface area contributed by atoms with Gasteiger partial charge in [0.25, 0.3) is 0 Å². The fourth-order valence-corrected chi connectivity index (χ4v) is 0.973. The van der Waals surface area contributed by atoms with Gasteiger partial charge in [-0.25, -0.2) is 0 Å². The van der Waals surface area contributed by atoms with Crippen LogP contribution in [-0.4, -0.2) is 12.6 Å². The molecular weight excluding hydrogens is 152 g/mol. The highest BCUT2D eigenvalue weighted by molar-refractivity contribution is 5.69. The molecule has 12 heavy (non-hydrogen) atoms. The van der Waals surface area contributed by atoms with Gasteiger partial charge < -0.3 is 4.74 Å². The first-order chi connectivity index (χ1) is 5.79. The molecule has 2 nitrogen and oxygen atoms in total. The molecule has 1 saturated carbocycles. The largest absolute Gasteiger partial charge is 0.466 e. The van der Waals surface area contributed by atoms with Gasteiger partial charge in [-0.2, -0.15) is 0 Å². The van der Waals surface area contributed by atoms with Gasteiger partial charge in [0.15, 0.2) is 0 Å². The monoisotopic (exact) mass is 170 g/mol. The van der Waals surface area contributed by atoms with Crippen LogP contribution in [0.1, 0.15) is 45.4 Å². The number of ether oxygens (including phenoxy) is 1. The lowest BCUT2D eigenvalue weighted by Crippen LogP contribution is -2.00. The molecule has 0 aromatic rings. The van der Waals surface area contributed by atoms with Crippen molar-refractivity contribution in [3.8, 4) is 0 Å². The molecule has 0 bridgehead atoms. The van der Waals surface area contributed by atoms with Gasteiger partial charge in [-0.3, -0.25) is 4.79 Å². The summed E-state index contributed by atoms with van der Waals surface area (Å²) in [4.78, 5) is 10.5. The highest BCUT2D eigenvalue weighted by Crippen LogP contribution is 2.26. The van der Waals surface area contributed by atoms with Crippen LogP contribution in [0.5, 0.6) is 0 Å². The molecule has 1 saturated heterocycles. The minimum Gasteiger partial charge on any atom is -0.466 e. The molecular formula is C10H18O2. The van der Waals surface area contributed by atoms with E-state index in [-0.39, 0.29) is 5.97 Å². The molecule has 1 heterocycles. The third kappa shape index (κ3) is 5.16. The van der Waals surface area contributed by atoms with Crippen molar-refractivity contribution < 1.29 is 9.53 Å². The average Bonchev–Trinajstić information content (AvgIpc) is 2.81. The van der Waals surface area contributed by atoms with Gasteiger partial charge in [-0.15, -0.1) is 0 Å². The highest BCUT2D eigenvalue weighted by Gasteiger charge is 2.12. The lowest BCUT2D eigenvalue weighted by atomic mass is 10.2. The Morgan fingerprint density at radius 1 is 1.25 bits per heavy atom. The summed E-state index contributed by atoms with van der Waals surface area (Å²) in [6.07, 6.45) is 6.80. The Kier molecular flexibility index (Phi) is 4.12. The first-order valence-electron chi connectivity index (χ1n) is 4.94. The standard InChI is InChI=1S/C6H10O2.C4H8/c7-6-4-2-1-3-5-8-6;1-4-2-3-4/h1-5H2;4H,2-3H2,1H3. The van der Waals surface area contributed by atoms with E-state index >= 15 is 0 Å². The number of carbonyl (C=O) groups is 1. The molecule has 2 rings (SSSR count). The smallest absolute Gasteiger partial charge is 0.305 e. The molecule has 0 aromatic carbocycles. The Labute approximate surface area is 74.3 Å². The second-order valence-electron chi connectivity index (χ2n) is 3.71. The fraction of sp³-hybridized carbons (Fsp3) is 0.900. The Balaban J connectivity index is 0.000000150. The topological polar surface area (TPSA) is 26.3 Å². The summed E-state index contributed by atoms with van der Waals surface area (Å²) in [5.74, 6) is 1.06. The zero-order valence-electron chi connectivity index (χ0n) is 7.84. The van der Waals surface area contributed by atoms with Gasteiger partial charge in [0.2, 0.25) is 0 Å². The van der Waals surface area contributed by atoms with Crippen molar-refractivity contribution in [2.75, 3.05) is 6.61 Å². The molecule has 0 radical (unpaired) electrons. The zero-order chi connectivity index (χ0) is 8.81. The van der Waals surface area contributed by atoms with Crippen LogP contribution in [0.4, 0.5) is 0 Å². The number of carbonyl (C=O) groups excluding carboxylic acids is 1. The summed E-state index contributed by atoms with van der Waals surface area (Å²) in [5, 5.41) is 0. The SMILES string of the molecule is CC1CC1.O=C1CCCCCO1. The van der Waals surface area contributed by atoms with E-state index in [1.54, 1.807) is 0 Å². The van der Waals surface area contributed by atoms with Gasteiger partial charge in [0, 0.05) is 6.42 Å². The van der Waals surface area contributed by atoms with Crippen LogP contribution >= 0.6 is 0 Å². The van der Waals surface area contributed by atoms with E-state index in [0.29, 0.717) is 13.0 Å². The number of cyclic esters (lactones) is 1. The quantitative estimate of drug-likeness (QED) is 0.522. The van der Waals surface area contributed by atoms with Crippen molar-refractivity contribution in [1.82, 2.24) is 0 Å². The second-order valence-corrected chi connectivity index (χ2v) is 3.71. The Morgan fingerprint density at radius 2 is 1.92 bits per heavy atom. The van der Waals surface area contributed by atoms with Crippen LogP contribution < -0.4 is 0 Å². The van der Waals surface area contributed by atoms with Crippen LogP contribution in [-0.2, 0) is 9.53 Å². The van der Waals surface area contributed by atoms with Gasteiger partial charge in [0.05, 0.1) is 6.61 Å². The predicted molar refractivity (Wildman–Crippen MR) is 47.8 cm³/mol. The molecule has 0 spiro atoms. The Bertz CT molecular complexity index is 129. The maximum atomic E-state index is 10.5. The van der Waals surface area contributed by atoms with E-state index in [1.807, 2.05) is 0 Å². The molecule has 0 unspecified atom stereocenters. The van der Waals surface area contributed by atoms with Gasteiger partial charge in [-0.05, 0) is 25.2 Å². The van der Waals surface area contributed by atoms with Gasteiger partial charge >= 0.3 is 5.97 Å². The van der Waals surface area contributed by atoms with Crippen molar-refractivity contribution in [2.24, 2.45) is 5.92 Å². The van der Waals surface area contributed by atoms with E-state index in [9.17, 15) is 4.79 Å². The first-order valence-corrected chi connectivity index (χ1v) is 4.94. The van der Waals surface area contributed by atoms with Gasteiger partial charge in [-0.1, -0.05) is 19.8 Å². The molecule has 70 valence electrons. The van der Waals surface area contributed by atoms with Crippen LogP contribution in [0.25, 0.3) is 0 Å². The van der Waals surface area contributed by atoms with E-state index in [1.165, 1.54) is 12.8 Å². The second kappa shape index (κ2) is 5.18. The third-order valence-corrected chi connectivity index (χ3v) is 2.15. The normalized spacial score (nSPS) is 23.2. The van der Waals surface area contributed by atoms with E-state index in [0.717, 1.165) is 25.2 Å². The summed E-state index contributed by atoms with van der Waals surface area (Å²) >= 11 is 0. The number of hydrogen-bond donors (Lipinski definition) is 0. The summed E-state index contributed by atoms with van der Waals surface area (Å²) in [5.41, 5.74) is 0. The lowest BCUT2D eigenvalue weighted by molar-refractivity contribution is -0.142. The summed E-state index contributed by atoms with van der Waals surface area (Å²) in [6.45, 7) is 2.92. The minimum absolute atomic E-state index is 0.0255. The molecule has 0 aromatic heterocycles. The molecule has 2 aliphatic rings. The number of esters is 1. The molecule has 1 aliphatic heterocycles. The maximum absolute atomic E-state index is 10.5.